The number of hydrogen-bond acceptors (Lipinski definition) is 9. The minimum atomic E-state index is -4.01. The van der Waals surface area contributed by atoms with Gasteiger partial charge in [-0.3, -0.25) is 4.18 Å². The van der Waals surface area contributed by atoms with E-state index >= 15 is 0 Å². The van der Waals surface area contributed by atoms with Gasteiger partial charge >= 0.3 is 0 Å². The van der Waals surface area contributed by atoms with Gasteiger partial charge in [0.1, 0.15) is 29.7 Å². The van der Waals surface area contributed by atoms with Crippen LogP contribution in [0, 0.1) is 0 Å². The van der Waals surface area contributed by atoms with Crippen molar-refractivity contribution in [2.45, 2.75) is 55.9 Å². The Bertz CT molecular complexity index is 1470. The first-order valence-corrected chi connectivity index (χ1v) is 15.2. The van der Waals surface area contributed by atoms with E-state index in [9.17, 15) is 13.9 Å². The van der Waals surface area contributed by atoms with Gasteiger partial charge in [0.15, 0.2) is 12.1 Å². The van der Waals surface area contributed by atoms with Gasteiger partial charge in [-0.2, -0.15) is 8.42 Å². The smallest absolute Gasteiger partial charge is 0.264 e. The van der Waals surface area contributed by atoms with Crippen LogP contribution in [0.1, 0.15) is 30.5 Å². The van der Waals surface area contributed by atoms with Crippen molar-refractivity contribution < 1.29 is 36.3 Å². The van der Waals surface area contributed by atoms with Crippen molar-refractivity contribution in [2.75, 3.05) is 20.0 Å². The first-order valence-electron chi connectivity index (χ1n) is 13.4. The lowest BCUT2D eigenvalue weighted by Gasteiger charge is -2.38. The lowest BCUT2D eigenvalue weighted by Crippen LogP contribution is -2.46. The van der Waals surface area contributed by atoms with E-state index in [0.717, 1.165) is 22.9 Å². The molecule has 2 fully saturated rings. The molecule has 2 saturated heterocycles. The van der Waals surface area contributed by atoms with Crippen LogP contribution in [0.5, 0.6) is 5.75 Å². The van der Waals surface area contributed by atoms with E-state index in [1.54, 1.807) is 21.0 Å². The highest BCUT2D eigenvalue weighted by atomic mass is 32.2. The summed E-state index contributed by atoms with van der Waals surface area (Å²) in [6.07, 6.45) is -2.98. The largest absolute Gasteiger partial charge is 0.497 e. The number of fused-ring (bicyclic) bond motifs is 1. The van der Waals surface area contributed by atoms with Gasteiger partial charge < -0.3 is 23.7 Å². The highest BCUT2D eigenvalue weighted by Gasteiger charge is 2.57. The van der Waals surface area contributed by atoms with Crippen LogP contribution in [0.25, 0.3) is 10.4 Å². The summed E-state index contributed by atoms with van der Waals surface area (Å²) in [5.74, 6) is -0.310. The van der Waals surface area contributed by atoms with E-state index in [2.05, 4.69) is 10.0 Å². The van der Waals surface area contributed by atoms with Crippen LogP contribution in [0.15, 0.2) is 90.0 Å². The van der Waals surface area contributed by atoms with Crippen LogP contribution < -0.4 is 4.74 Å². The Morgan fingerprint density at radius 2 is 1.52 bits per heavy atom. The summed E-state index contributed by atoms with van der Waals surface area (Å²) in [4.78, 5) is 2.97. The molecule has 0 N–H and O–H groups in total. The van der Waals surface area contributed by atoms with E-state index in [1.807, 2.05) is 84.9 Å². The molecule has 0 aliphatic carbocycles. The molecule has 0 amide bonds. The minimum Gasteiger partial charge on any atom is -0.497 e. The molecule has 0 spiro atoms. The first-order chi connectivity index (χ1) is 20.1. The van der Waals surface area contributed by atoms with Crippen molar-refractivity contribution in [1.82, 2.24) is 0 Å². The Balaban J connectivity index is 1.59. The molecule has 3 aromatic rings. The molecule has 2 aliphatic rings. The summed E-state index contributed by atoms with van der Waals surface area (Å²) in [7, 11) is -2.42. The van der Waals surface area contributed by atoms with Gasteiger partial charge in [-0.25, -0.2) is 0 Å². The van der Waals surface area contributed by atoms with Gasteiger partial charge in [0, 0.05) is 4.91 Å². The van der Waals surface area contributed by atoms with Crippen LogP contribution in [0.2, 0.25) is 0 Å². The summed E-state index contributed by atoms with van der Waals surface area (Å²) >= 11 is 0. The molecule has 0 radical (unpaired) electrons. The van der Waals surface area contributed by atoms with Gasteiger partial charge in [-0.1, -0.05) is 77.9 Å². The number of azide groups is 1. The molecule has 5 rings (SSSR count). The molecular weight excluding hydrogens is 562 g/mol. The maximum Gasteiger partial charge on any atom is 0.264 e. The monoisotopic (exact) mass is 595 g/mol. The third-order valence-electron chi connectivity index (χ3n) is 7.22. The molecule has 42 heavy (non-hydrogen) atoms. The zero-order valence-electron chi connectivity index (χ0n) is 23.7. The van der Waals surface area contributed by atoms with E-state index in [4.69, 9.17) is 27.9 Å². The Kier molecular flexibility index (Phi) is 8.58. The van der Waals surface area contributed by atoms with Crippen molar-refractivity contribution in [3.05, 3.63) is 112 Å². The van der Waals surface area contributed by atoms with Crippen LogP contribution in [-0.2, 0) is 38.8 Å². The molecule has 11 nitrogen and oxygen atoms in total. The fourth-order valence-corrected chi connectivity index (χ4v) is 6.16. The zero-order valence-corrected chi connectivity index (χ0v) is 24.5. The maximum absolute atomic E-state index is 12.5. The van der Waals surface area contributed by atoms with E-state index < -0.39 is 52.2 Å². The molecule has 2 heterocycles. The third kappa shape index (κ3) is 6.16. The van der Waals surface area contributed by atoms with E-state index in [-0.39, 0.29) is 6.61 Å². The Labute approximate surface area is 245 Å². The average molecular weight is 596 g/mol. The van der Waals surface area contributed by atoms with Gasteiger partial charge in [0.05, 0.1) is 26.0 Å². The highest BCUT2D eigenvalue weighted by molar-refractivity contribution is 7.86. The summed E-state index contributed by atoms with van der Waals surface area (Å²) in [6.45, 7) is 3.16. The molecule has 0 unspecified atom stereocenters. The summed E-state index contributed by atoms with van der Waals surface area (Å²) < 4.78 is 60.7. The Morgan fingerprint density at radius 3 is 2.05 bits per heavy atom. The number of hydrogen-bond donors (Lipinski definition) is 0. The Morgan fingerprint density at radius 1 is 0.952 bits per heavy atom. The molecular formula is C30H33N3O8S. The number of ether oxygens (including phenoxy) is 5. The molecule has 222 valence electrons. The first kappa shape index (κ1) is 30.0. The van der Waals surface area contributed by atoms with Crippen LogP contribution in [-0.4, -0.2) is 64.8 Å². The molecule has 0 bridgehead atoms. The third-order valence-corrected chi connectivity index (χ3v) is 7.82. The summed E-state index contributed by atoms with van der Waals surface area (Å²) in [5.41, 5.74) is 10.5. The van der Waals surface area contributed by atoms with Crippen molar-refractivity contribution in [1.29, 1.82) is 0 Å². The van der Waals surface area contributed by atoms with Crippen molar-refractivity contribution in [3.63, 3.8) is 0 Å². The SMILES string of the molecule is COc1ccc(C(OC[C@@H](OS(C)(=O)=O)[C@H]2O[C@@H]3OC(C)(C)O[C@@H]3[C@@H]2N=[N+]=[N-])(c2ccccc2)c2ccccc2)cc1. The molecule has 0 aromatic heterocycles. The predicted molar refractivity (Wildman–Crippen MR) is 153 cm³/mol. The molecule has 0 saturated carbocycles. The zero-order chi connectivity index (χ0) is 30.0. The molecule has 12 heteroatoms. The molecule has 5 atom stereocenters. The van der Waals surface area contributed by atoms with Gasteiger partial charge in [-0.05, 0) is 48.2 Å². The van der Waals surface area contributed by atoms with Crippen molar-refractivity contribution in [2.24, 2.45) is 5.11 Å². The molecule has 3 aromatic carbocycles. The fraction of sp³-hybridized carbons (Fsp3) is 0.400. The lowest BCUT2D eigenvalue weighted by atomic mass is 9.80. The van der Waals surface area contributed by atoms with E-state index in [0.29, 0.717) is 5.75 Å². The number of rotatable bonds is 11. The van der Waals surface area contributed by atoms with Crippen molar-refractivity contribution >= 4 is 10.1 Å². The van der Waals surface area contributed by atoms with Crippen molar-refractivity contribution in [3.8, 4) is 5.75 Å². The van der Waals surface area contributed by atoms with E-state index in [1.165, 1.54) is 0 Å². The second-order valence-electron chi connectivity index (χ2n) is 10.6. The van der Waals surface area contributed by atoms with Crippen LogP contribution in [0.4, 0.5) is 0 Å². The number of methoxy groups -OCH3 is 1. The lowest BCUT2D eigenvalue weighted by molar-refractivity contribution is -0.217. The summed E-state index contributed by atoms with van der Waals surface area (Å²) in [6, 6.07) is 25.7. The fourth-order valence-electron chi connectivity index (χ4n) is 5.55. The predicted octanol–water partition coefficient (Wildman–Crippen LogP) is 4.90. The second-order valence-corrected chi connectivity index (χ2v) is 12.2. The number of benzene rings is 3. The Hall–Kier alpha value is -3.48. The van der Waals surface area contributed by atoms with Gasteiger partial charge in [0.2, 0.25) is 0 Å². The molecule has 2 aliphatic heterocycles. The van der Waals surface area contributed by atoms with Gasteiger partial charge in [0.25, 0.3) is 10.1 Å². The second kappa shape index (κ2) is 12.0. The summed E-state index contributed by atoms with van der Waals surface area (Å²) in [5, 5.41) is 3.91. The highest BCUT2D eigenvalue weighted by Crippen LogP contribution is 2.44. The minimum absolute atomic E-state index is 0.270. The topological polar surface area (TPSA) is 138 Å². The van der Waals surface area contributed by atoms with Gasteiger partial charge in [-0.15, -0.1) is 0 Å². The normalized spacial score (nSPS) is 24.0. The van der Waals surface area contributed by atoms with Crippen LogP contribution in [0.3, 0.4) is 0 Å². The average Bonchev–Trinajstić information content (AvgIpc) is 3.45. The van der Waals surface area contributed by atoms with Crippen LogP contribution >= 0.6 is 0 Å². The quantitative estimate of drug-likeness (QED) is 0.100. The number of nitrogens with zero attached hydrogens (tertiary/aromatic N) is 3. The maximum atomic E-state index is 12.5. The standard InChI is InChI=1S/C30H33N3O8S/c1-29(2)39-27-25(32-33-31)26(38-28(27)40-29)24(41-42(4,34)35)19-37-30(20-11-7-5-8-12-20,21-13-9-6-10-14-21)22-15-17-23(36-3)18-16-22/h5-18,24-28H,19H2,1-4H3/t24-,25-,26-,27-,28-/m1/s1.